The quantitative estimate of drug-likeness (QED) is 0.816. The van der Waals surface area contributed by atoms with Gasteiger partial charge in [-0.05, 0) is 13.8 Å². The van der Waals surface area contributed by atoms with Crippen molar-refractivity contribution in [2.24, 2.45) is 0 Å². The summed E-state index contributed by atoms with van der Waals surface area (Å²) in [6.45, 7) is 3.71. The van der Waals surface area contributed by atoms with Crippen LogP contribution in [0.3, 0.4) is 0 Å². The van der Waals surface area contributed by atoms with Gasteiger partial charge in [0.25, 0.3) is 0 Å². The second-order valence-corrected chi connectivity index (χ2v) is 3.67. The van der Waals surface area contributed by atoms with Crippen LogP contribution in [0, 0.1) is 13.8 Å². The smallest absolute Gasteiger partial charge is 0.168 e. The lowest BCUT2D eigenvalue weighted by molar-refractivity contribution is 0.111. The standard InChI is InChI=1S/C10H10N4O.C2H6O/c1-6-3-11-7(2)10(13-6)8-4-12-14-9(8)5-15;1-3-2/h3-5H,1-2H3,(H,12,14);1-2H3. The zero-order valence-electron chi connectivity index (χ0n) is 10.9. The third-order valence-electron chi connectivity index (χ3n) is 2.12. The van der Waals surface area contributed by atoms with E-state index in [0.29, 0.717) is 17.0 Å². The SMILES string of the molecule is COC.Cc1cnc(C)c(-c2cn[nH]c2C=O)n1. The van der Waals surface area contributed by atoms with Gasteiger partial charge < -0.3 is 4.74 Å². The number of carbonyl (C=O) groups is 1. The van der Waals surface area contributed by atoms with Gasteiger partial charge in [0.1, 0.15) is 5.69 Å². The van der Waals surface area contributed by atoms with E-state index < -0.39 is 0 Å². The summed E-state index contributed by atoms with van der Waals surface area (Å²) in [6.07, 6.45) is 4.01. The molecule has 0 amide bonds. The van der Waals surface area contributed by atoms with Crippen molar-refractivity contribution in [2.75, 3.05) is 14.2 Å². The van der Waals surface area contributed by atoms with Gasteiger partial charge in [0, 0.05) is 20.4 Å². The molecule has 2 heterocycles. The van der Waals surface area contributed by atoms with E-state index in [-0.39, 0.29) is 0 Å². The van der Waals surface area contributed by atoms with Crippen molar-refractivity contribution in [1.82, 2.24) is 20.2 Å². The van der Waals surface area contributed by atoms with E-state index in [1.165, 1.54) is 0 Å². The molecule has 0 radical (unpaired) electrons. The molecule has 0 bridgehead atoms. The summed E-state index contributed by atoms with van der Waals surface area (Å²) in [5, 5.41) is 6.43. The first-order valence-electron chi connectivity index (χ1n) is 5.33. The molecule has 0 atom stereocenters. The first-order chi connectivity index (χ1) is 8.63. The highest BCUT2D eigenvalue weighted by molar-refractivity contribution is 5.84. The van der Waals surface area contributed by atoms with Gasteiger partial charge >= 0.3 is 0 Å². The third-order valence-corrected chi connectivity index (χ3v) is 2.12. The Labute approximate surface area is 105 Å². The van der Waals surface area contributed by atoms with Gasteiger partial charge in [-0.15, -0.1) is 0 Å². The maximum absolute atomic E-state index is 10.7. The summed E-state index contributed by atoms with van der Waals surface area (Å²) >= 11 is 0. The van der Waals surface area contributed by atoms with Crippen molar-refractivity contribution in [1.29, 1.82) is 0 Å². The van der Waals surface area contributed by atoms with Crippen LogP contribution in [0.1, 0.15) is 21.9 Å². The molecule has 2 aromatic rings. The molecule has 96 valence electrons. The van der Waals surface area contributed by atoms with Crippen molar-refractivity contribution in [3.05, 3.63) is 29.5 Å². The fraction of sp³-hybridized carbons (Fsp3) is 0.333. The minimum Gasteiger partial charge on any atom is -0.388 e. The number of ether oxygens (including phenoxy) is 1. The average molecular weight is 248 g/mol. The second-order valence-electron chi connectivity index (χ2n) is 3.67. The zero-order valence-corrected chi connectivity index (χ0v) is 10.9. The highest BCUT2D eigenvalue weighted by Gasteiger charge is 2.11. The van der Waals surface area contributed by atoms with E-state index in [2.05, 4.69) is 24.9 Å². The highest BCUT2D eigenvalue weighted by Crippen LogP contribution is 2.21. The topological polar surface area (TPSA) is 80.8 Å². The van der Waals surface area contributed by atoms with Crippen molar-refractivity contribution < 1.29 is 9.53 Å². The van der Waals surface area contributed by atoms with E-state index in [4.69, 9.17) is 0 Å². The Hall–Kier alpha value is -2.08. The molecule has 0 saturated carbocycles. The van der Waals surface area contributed by atoms with Crippen LogP contribution in [0.4, 0.5) is 0 Å². The fourth-order valence-corrected chi connectivity index (χ4v) is 1.37. The summed E-state index contributed by atoms with van der Waals surface area (Å²) in [4.78, 5) is 19.3. The Morgan fingerprint density at radius 2 is 1.94 bits per heavy atom. The maximum atomic E-state index is 10.7. The van der Waals surface area contributed by atoms with Crippen molar-refractivity contribution in [3.8, 4) is 11.3 Å². The summed E-state index contributed by atoms with van der Waals surface area (Å²) in [5.41, 5.74) is 3.42. The average Bonchev–Trinajstić information content (AvgIpc) is 2.81. The van der Waals surface area contributed by atoms with Gasteiger partial charge in [0.05, 0.1) is 28.8 Å². The number of hydrogen-bond donors (Lipinski definition) is 1. The molecule has 0 fully saturated rings. The van der Waals surface area contributed by atoms with Gasteiger partial charge in [-0.2, -0.15) is 5.10 Å². The van der Waals surface area contributed by atoms with E-state index in [0.717, 1.165) is 17.7 Å². The lowest BCUT2D eigenvalue weighted by Crippen LogP contribution is -1.95. The molecular weight excluding hydrogens is 232 g/mol. The van der Waals surface area contributed by atoms with E-state index in [1.54, 1.807) is 26.6 Å². The van der Waals surface area contributed by atoms with Crippen LogP contribution in [0.2, 0.25) is 0 Å². The van der Waals surface area contributed by atoms with Gasteiger partial charge in [-0.3, -0.25) is 14.9 Å². The summed E-state index contributed by atoms with van der Waals surface area (Å²) in [6, 6.07) is 0. The van der Waals surface area contributed by atoms with Crippen molar-refractivity contribution >= 4 is 6.29 Å². The summed E-state index contributed by atoms with van der Waals surface area (Å²) < 4.78 is 4.25. The number of aromatic amines is 1. The molecule has 0 spiro atoms. The van der Waals surface area contributed by atoms with E-state index >= 15 is 0 Å². The van der Waals surface area contributed by atoms with Gasteiger partial charge in [0.2, 0.25) is 0 Å². The number of aryl methyl sites for hydroxylation is 2. The Kier molecular flexibility index (Phi) is 5.13. The lowest BCUT2D eigenvalue weighted by Gasteiger charge is -2.02. The molecule has 0 aliphatic rings. The van der Waals surface area contributed by atoms with Crippen molar-refractivity contribution in [2.45, 2.75) is 13.8 Å². The molecule has 6 heteroatoms. The molecule has 2 aromatic heterocycles. The fourth-order valence-electron chi connectivity index (χ4n) is 1.37. The zero-order chi connectivity index (χ0) is 13.5. The largest absolute Gasteiger partial charge is 0.388 e. The van der Waals surface area contributed by atoms with Crippen LogP contribution < -0.4 is 0 Å². The van der Waals surface area contributed by atoms with E-state index in [1.807, 2.05) is 13.8 Å². The van der Waals surface area contributed by atoms with Gasteiger partial charge in [-0.25, -0.2) is 4.98 Å². The number of carbonyl (C=O) groups excluding carboxylic acids is 1. The van der Waals surface area contributed by atoms with Crippen LogP contribution in [0.5, 0.6) is 0 Å². The first-order valence-corrected chi connectivity index (χ1v) is 5.33. The Bertz CT molecular complexity index is 523. The lowest BCUT2D eigenvalue weighted by atomic mass is 10.1. The number of aromatic nitrogens is 4. The summed E-state index contributed by atoms with van der Waals surface area (Å²) in [5.74, 6) is 0. The predicted octanol–water partition coefficient (Wildman–Crippen LogP) is 1.56. The Morgan fingerprint density at radius 1 is 1.28 bits per heavy atom. The number of H-pyrrole nitrogens is 1. The second kappa shape index (κ2) is 6.61. The monoisotopic (exact) mass is 248 g/mol. The molecule has 0 aliphatic carbocycles. The molecule has 0 aromatic carbocycles. The van der Waals surface area contributed by atoms with Crippen LogP contribution in [0.15, 0.2) is 12.4 Å². The molecule has 6 nitrogen and oxygen atoms in total. The highest BCUT2D eigenvalue weighted by atomic mass is 16.4. The number of methoxy groups -OCH3 is 1. The summed E-state index contributed by atoms with van der Waals surface area (Å²) in [7, 11) is 3.25. The number of aldehydes is 1. The van der Waals surface area contributed by atoms with Crippen LogP contribution >= 0.6 is 0 Å². The van der Waals surface area contributed by atoms with Gasteiger partial charge in [0.15, 0.2) is 6.29 Å². The minimum absolute atomic E-state index is 0.429. The van der Waals surface area contributed by atoms with Crippen LogP contribution in [0.25, 0.3) is 11.3 Å². The molecule has 1 N–H and O–H groups in total. The molecular formula is C12H16N4O2. The third kappa shape index (κ3) is 3.21. The van der Waals surface area contributed by atoms with Crippen molar-refractivity contribution in [3.63, 3.8) is 0 Å². The molecule has 0 aliphatic heterocycles. The number of nitrogens with zero attached hydrogens (tertiary/aromatic N) is 3. The number of rotatable bonds is 2. The van der Waals surface area contributed by atoms with Gasteiger partial charge in [-0.1, -0.05) is 0 Å². The number of hydrogen-bond acceptors (Lipinski definition) is 5. The normalized spacial score (nSPS) is 9.56. The predicted molar refractivity (Wildman–Crippen MR) is 67.4 cm³/mol. The van der Waals surface area contributed by atoms with E-state index in [9.17, 15) is 4.79 Å². The van der Waals surface area contributed by atoms with Crippen LogP contribution in [-0.2, 0) is 4.74 Å². The molecule has 18 heavy (non-hydrogen) atoms. The Balaban J connectivity index is 0.000000492. The first kappa shape index (κ1) is 14.0. The molecule has 0 saturated heterocycles. The molecule has 0 unspecified atom stereocenters. The molecule has 2 rings (SSSR count). The van der Waals surface area contributed by atoms with Crippen LogP contribution in [-0.4, -0.2) is 40.7 Å². The number of nitrogens with one attached hydrogen (secondary N) is 1. The Morgan fingerprint density at radius 3 is 2.56 bits per heavy atom. The minimum atomic E-state index is 0.429. The maximum Gasteiger partial charge on any atom is 0.168 e.